The van der Waals surface area contributed by atoms with Gasteiger partial charge in [0.05, 0.1) is 0 Å². The highest BCUT2D eigenvalue weighted by Gasteiger charge is 2.18. The molecule has 0 aliphatic heterocycles. The Morgan fingerprint density at radius 3 is 1.95 bits per heavy atom. The van der Waals surface area contributed by atoms with Crippen LogP contribution in [0.5, 0.6) is 0 Å². The van der Waals surface area contributed by atoms with Gasteiger partial charge in [-0.05, 0) is 30.7 Å². The minimum absolute atomic E-state index is 0.0119. The first-order valence-corrected chi connectivity index (χ1v) is 6.38. The van der Waals surface area contributed by atoms with Gasteiger partial charge in [0.15, 0.2) is 0 Å². The quantitative estimate of drug-likeness (QED) is 0.886. The first kappa shape index (κ1) is 14.3. The number of halogens is 4. The average Bonchev–Trinajstić information content (AvgIpc) is 2.34. The Balaban J connectivity index is 2.34. The molecule has 1 unspecified atom stereocenters. The van der Waals surface area contributed by atoms with Crippen LogP contribution in [0, 0.1) is 11.6 Å². The molecule has 0 fully saturated rings. The maximum Gasteiger partial charge on any atom is 0.129 e. The lowest BCUT2D eigenvalue weighted by atomic mass is 9.99. The molecule has 5 heteroatoms. The van der Waals surface area contributed by atoms with Crippen LogP contribution in [0.4, 0.5) is 8.78 Å². The Morgan fingerprint density at radius 2 is 1.42 bits per heavy atom. The minimum atomic E-state index is -0.674. The molecule has 0 radical (unpaired) electrons. The summed E-state index contributed by atoms with van der Waals surface area (Å²) in [4.78, 5) is 0. The van der Waals surface area contributed by atoms with Crippen LogP contribution in [0.2, 0.25) is 10.0 Å². The number of nitrogens with two attached hydrogens (primary N) is 1. The van der Waals surface area contributed by atoms with Crippen molar-refractivity contribution in [2.24, 2.45) is 5.73 Å². The summed E-state index contributed by atoms with van der Waals surface area (Å²) in [6.45, 7) is 0. The van der Waals surface area contributed by atoms with E-state index in [4.69, 9.17) is 28.9 Å². The zero-order chi connectivity index (χ0) is 14.0. The van der Waals surface area contributed by atoms with Gasteiger partial charge in [-0.15, -0.1) is 0 Å². The molecule has 0 saturated carbocycles. The molecular formula is C14H11Cl2F2N. The van der Waals surface area contributed by atoms with E-state index in [0.717, 1.165) is 0 Å². The lowest BCUT2D eigenvalue weighted by Gasteiger charge is -2.16. The van der Waals surface area contributed by atoms with Gasteiger partial charge in [0, 0.05) is 27.2 Å². The van der Waals surface area contributed by atoms with Crippen molar-refractivity contribution in [1.29, 1.82) is 0 Å². The zero-order valence-corrected chi connectivity index (χ0v) is 11.3. The summed E-state index contributed by atoms with van der Waals surface area (Å²) in [6, 6.07) is 7.99. The van der Waals surface area contributed by atoms with Crippen LogP contribution in [-0.2, 0) is 6.42 Å². The fourth-order valence-electron chi connectivity index (χ4n) is 1.91. The van der Waals surface area contributed by atoms with E-state index >= 15 is 0 Å². The molecule has 2 rings (SSSR count). The van der Waals surface area contributed by atoms with Crippen molar-refractivity contribution in [2.75, 3.05) is 0 Å². The van der Waals surface area contributed by atoms with Gasteiger partial charge < -0.3 is 5.73 Å². The predicted molar refractivity (Wildman–Crippen MR) is 73.5 cm³/mol. The summed E-state index contributed by atoms with van der Waals surface area (Å²) in [7, 11) is 0. The molecule has 0 spiro atoms. The Hall–Kier alpha value is -1.16. The highest BCUT2D eigenvalue weighted by atomic mass is 35.5. The van der Waals surface area contributed by atoms with Crippen molar-refractivity contribution in [1.82, 2.24) is 0 Å². The van der Waals surface area contributed by atoms with Crippen molar-refractivity contribution in [3.8, 4) is 0 Å². The molecule has 19 heavy (non-hydrogen) atoms. The lowest BCUT2D eigenvalue weighted by Crippen LogP contribution is -2.16. The summed E-state index contributed by atoms with van der Waals surface area (Å²) >= 11 is 12.0. The molecule has 100 valence electrons. The molecule has 0 aliphatic rings. The molecule has 0 aliphatic carbocycles. The molecule has 2 aromatic rings. The molecule has 2 aromatic carbocycles. The summed E-state index contributed by atoms with van der Waals surface area (Å²) in [5.74, 6) is -1.25. The average molecular weight is 302 g/mol. The topological polar surface area (TPSA) is 26.0 Å². The van der Waals surface area contributed by atoms with Gasteiger partial charge >= 0.3 is 0 Å². The molecule has 0 aromatic heterocycles. The van der Waals surface area contributed by atoms with E-state index in [0.29, 0.717) is 15.6 Å². The molecule has 1 atom stereocenters. The van der Waals surface area contributed by atoms with Crippen LogP contribution in [-0.4, -0.2) is 0 Å². The van der Waals surface area contributed by atoms with E-state index in [2.05, 4.69) is 0 Å². The highest BCUT2D eigenvalue weighted by molar-refractivity contribution is 6.36. The van der Waals surface area contributed by atoms with Gasteiger partial charge in [-0.25, -0.2) is 8.78 Å². The summed E-state index contributed by atoms with van der Waals surface area (Å²) in [5.41, 5.74) is 6.39. The van der Waals surface area contributed by atoms with Crippen LogP contribution in [0.3, 0.4) is 0 Å². The summed E-state index contributed by atoms with van der Waals surface area (Å²) in [6.07, 6.45) is -0.0119. The summed E-state index contributed by atoms with van der Waals surface area (Å²) < 4.78 is 27.1. The van der Waals surface area contributed by atoms with Crippen LogP contribution < -0.4 is 5.73 Å². The van der Waals surface area contributed by atoms with Gasteiger partial charge in [-0.1, -0.05) is 35.3 Å². The highest BCUT2D eigenvalue weighted by Crippen LogP contribution is 2.31. The third kappa shape index (κ3) is 3.06. The van der Waals surface area contributed by atoms with Crippen LogP contribution in [0.15, 0.2) is 36.4 Å². The smallest absolute Gasteiger partial charge is 0.129 e. The van der Waals surface area contributed by atoms with E-state index < -0.39 is 17.7 Å². The van der Waals surface area contributed by atoms with Gasteiger partial charge in [0.25, 0.3) is 0 Å². The van der Waals surface area contributed by atoms with E-state index in [1.165, 1.54) is 18.2 Å². The Kier molecular flexibility index (Phi) is 4.40. The molecule has 1 nitrogen and oxygen atoms in total. The first-order chi connectivity index (χ1) is 9.00. The van der Waals surface area contributed by atoms with Crippen LogP contribution in [0.25, 0.3) is 0 Å². The Bertz CT molecular complexity index is 561. The molecule has 0 bridgehead atoms. The fraction of sp³-hybridized carbons (Fsp3) is 0.143. The number of hydrogen-bond acceptors (Lipinski definition) is 1. The molecule has 0 amide bonds. The number of hydrogen-bond donors (Lipinski definition) is 1. The van der Waals surface area contributed by atoms with E-state index in [-0.39, 0.29) is 12.0 Å². The molecule has 0 saturated heterocycles. The van der Waals surface area contributed by atoms with E-state index in [1.807, 2.05) is 0 Å². The number of rotatable bonds is 3. The number of benzene rings is 2. The summed E-state index contributed by atoms with van der Waals surface area (Å²) in [5, 5.41) is 0.772. The van der Waals surface area contributed by atoms with Crippen LogP contribution >= 0.6 is 23.2 Å². The first-order valence-electron chi connectivity index (χ1n) is 5.63. The van der Waals surface area contributed by atoms with Gasteiger partial charge in [0.2, 0.25) is 0 Å². The van der Waals surface area contributed by atoms with Crippen molar-refractivity contribution in [2.45, 2.75) is 12.5 Å². The fourth-order valence-corrected chi connectivity index (χ4v) is 2.59. The van der Waals surface area contributed by atoms with E-state index in [1.54, 1.807) is 18.2 Å². The van der Waals surface area contributed by atoms with Crippen molar-refractivity contribution in [3.05, 3.63) is 69.2 Å². The minimum Gasteiger partial charge on any atom is -0.324 e. The normalized spacial score (nSPS) is 12.5. The van der Waals surface area contributed by atoms with Crippen molar-refractivity contribution in [3.63, 3.8) is 0 Å². The largest absolute Gasteiger partial charge is 0.324 e. The molecule has 0 heterocycles. The SMILES string of the molecule is NC(Cc1c(F)cccc1F)c1c(Cl)cccc1Cl. The second-order valence-corrected chi connectivity index (χ2v) is 4.96. The second-order valence-electron chi connectivity index (χ2n) is 4.15. The maximum absolute atomic E-state index is 13.6. The second kappa shape index (κ2) is 5.87. The third-order valence-corrected chi connectivity index (χ3v) is 3.52. The molecular weight excluding hydrogens is 291 g/mol. The predicted octanol–water partition coefficient (Wildman–Crippen LogP) is 4.51. The zero-order valence-electron chi connectivity index (χ0n) is 9.84. The van der Waals surface area contributed by atoms with Crippen molar-refractivity contribution >= 4 is 23.2 Å². The third-order valence-electron chi connectivity index (χ3n) is 2.86. The van der Waals surface area contributed by atoms with Crippen LogP contribution in [0.1, 0.15) is 17.2 Å². The monoisotopic (exact) mass is 301 g/mol. The molecule has 2 N–H and O–H groups in total. The lowest BCUT2D eigenvalue weighted by molar-refractivity contribution is 0.540. The van der Waals surface area contributed by atoms with Gasteiger partial charge in [-0.3, -0.25) is 0 Å². The standard InChI is InChI=1S/C14H11Cl2F2N/c15-9-3-1-4-10(16)14(9)13(19)7-8-11(17)5-2-6-12(8)18/h1-6,13H,7,19H2. The van der Waals surface area contributed by atoms with E-state index in [9.17, 15) is 8.78 Å². The Morgan fingerprint density at radius 1 is 0.947 bits per heavy atom. The maximum atomic E-state index is 13.6. The van der Waals surface area contributed by atoms with Gasteiger partial charge in [0.1, 0.15) is 11.6 Å². The Labute approximate surface area is 119 Å². The van der Waals surface area contributed by atoms with Gasteiger partial charge in [-0.2, -0.15) is 0 Å². The van der Waals surface area contributed by atoms with Crippen molar-refractivity contribution < 1.29 is 8.78 Å².